The van der Waals surface area contributed by atoms with E-state index in [0.29, 0.717) is 6.61 Å². The number of carbonyl (C=O) groups is 1. The molecule has 0 aliphatic carbocycles. The number of likely N-dealkylation sites (N-methyl/N-ethyl adjacent to an activating group) is 1. The summed E-state index contributed by atoms with van der Waals surface area (Å²) in [5.41, 5.74) is 0. The van der Waals surface area contributed by atoms with Gasteiger partial charge in [0.1, 0.15) is 13.2 Å². The van der Waals surface area contributed by atoms with Crippen LogP contribution in [0.5, 0.6) is 0 Å². The van der Waals surface area contributed by atoms with E-state index in [9.17, 15) is 4.79 Å². The van der Waals surface area contributed by atoms with Crippen LogP contribution in [0.1, 0.15) is 9.78 Å². The molecule has 0 aliphatic rings. The van der Waals surface area contributed by atoms with E-state index in [1.807, 2.05) is 0 Å². The molecule has 0 saturated carbocycles. The number of hydrogen-bond acceptors (Lipinski definition) is 2. The normalized spacial score (nSPS) is 9.33. The van der Waals surface area contributed by atoms with Crippen molar-refractivity contribution in [1.29, 1.82) is 0 Å². The van der Waals surface area contributed by atoms with Crippen LogP contribution in [0.3, 0.4) is 0 Å². The van der Waals surface area contributed by atoms with Crippen molar-refractivity contribution in [3.63, 3.8) is 0 Å². The van der Waals surface area contributed by atoms with E-state index < -0.39 is 0 Å². The summed E-state index contributed by atoms with van der Waals surface area (Å²) in [6.07, 6.45) is 0. The standard InChI is InChI=1S/C7H16NO2.Ba.ClH.2H/c1-7(9)10-6-5-8(2,3)4;;;;/h5-6H2,1-4H3;;1H;;/q+1;+2;;2*-1/p-1. The summed E-state index contributed by atoms with van der Waals surface area (Å²) >= 11 is 0. The molecule has 0 amide bonds. The first-order valence-corrected chi connectivity index (χ1v) is 3.35. The van der Waals surface area contributed by atoms with Crippen molar-refractivity contribution in [1.82, 2.24) is 0 Å². The molecular formula is C7H18BaClNO2. The zero-order valence-corrected chi connectivity index (χ0v) is 13.5. The topological polar surface area (TPSA) is 26.3 Å². The van der Waals surface area contributed by atoms with E-state index in [2.05, 4.69) is 21.1 Å². The van der Waals surface area contributed by atoms with Crippen molar-refractivity contribution in [2.24, 2.45) is 0 Å². The van der Waals surface area contributed by atoms with Crippen LogP contribution in [-0.2, 0) is 9.53 Å². The summed E-state index contributed by atoms with van der Waals surface area (Å²) in [4.78, 5) is 10.3. The molecule has 0 rings (SSSR count). The fourth-order valence-electron chi connectivity index (χ4n) is 0.463. The minimum Gasteiger partial charge on any atom is -1.00 e. The van der Waals surface area contributed by atoms with Crippen LogP contribution in [0, 0.1) is 0 Å². The van der Waals surface area contributed by atoms with Gasteiger partial charge in [-0.15, -0.1) is 0 Å². The maximum Gasteiger partial charge on any atom is 2.00 e. The Morgan fingerprint density at radius 1 is 1.42 bits per heavy atom. The second-order valence-electron chi connectivity index (χ2n) is 3.35. The van der Waals surface area contributed by atoms with Crippen LogP contribution >= 0.6 is 0 Å². The maximum atomic E-state index is 10.3. The molecule has 5 heteroatoms. The molecule has 0 radical (unpaired) electrons. The van der Waals surface area contributed by atoms with Crippen molar-refractivity contribution in [3.05, 3.63) is 0 Å². The van der Waals surface area contributed by atoms with Gasteiger partial charge in [-0.05, 0) is 0 Å². The molecule has 12 heavy (non-hydrogen) atoms. The van der Waals surface area contributed by atoms with Gasteiger partial charge in [-0.2, -0.15) is 0 Å². The van der Waals surface area contributed by atoms with Crippen molar-refractivity contribution < 1.29 is 29.3 Å². The maximum absolute atomic E-state index is 10.3. The molecule has 0 N–H and O–H groups in total. The van der Waals surface area contributed by atoms with Crippen molar-refractivity contribution >= 4 is 54.9 Å². The van der Waals surface area contributed by atoms with Crippen molar-refractivity contribution in [2.75, 3.05) is 34.3 Å². The van der Waals surface area contributed by atoms with Gasteiger partial charge < -0.3 is 24.5 Å². The van der Waals surface area contributed by atoms with Gasteiger partial charge in [0.05, 0.1) is 21.1 Å². The first-order chi connectivity index (χ1) is 4.42. The Morgan fingerprint density at radius 2 is 1.83 bits per heavy atom. The summed E-state index contributed by atoms with van der Waals surface area (Å²) in [5.74, 6) is -0.201. The first-order valence-electron chi connectivity index (χ1n) is 3.35. The van der Waals surface area contributed by atoms with E-state index in [0.717, 1.165) is 11.0 Å². The number of quaternary nitrogens is 1. The average Bonchev–Trinajstić information content (AvgIpc) is 1.59. The molecule has 0 spiro atoms. The van der Waals surface area contributed by atoms with Gasteiger partial charge in [-0.1, -0.05) is 0 Å². The van der Waals surface area contributed by atoms with E-state index in [-0.39, 0.29) is 70.1 Å². The minimum absolute atomic E-state index is 0. The summed E-state index contributed by atoms with van der Waals surface area (Å²) in [6.45, 7) is 2.80. The number of hydrogen-bond donors (Lipinski definition) is 0. The van der Waals surface area contributed by atoms with Gasteiger partial charge in [-0.3, -0.25) is 4.79 Å². The van der Waals surface area contributed by atoms with E-state index >= 15 is 0 Å². The van der Waals surface area contributed by atoms with Crippen molar-refractivity contribution in [3.8, 4) is 0 Å². The summed E-state index contributed by atoms with van der Waals surface area (Å²) in [5, 5.41) is 0. The molecule has 0 aromatic rings. The second kappa shape index (κ2) is 8.87. The zero-order valence-electron chi connectivity index (χ0n) is 10.3. The van der Waals surface area contributed by atoms with Gasteiger partial charge in [0, 0.05) is 6.92 Å². The van der Waals surface area contributed by atoms with Gasteiger partial charge in [0.25, 0.3) is 0 Å². The number of esters is 1. The Kier molecular flexibility index (Phi) is 14.0. The smallest absolute Gasteiger partial charge is 1.00 e. The number of halogens is 1. The number of ether oxygens (including phenoxy) is 1. The zero-order chi connectivity index (χ0) is 8.20. The largest absolute Gasteiger partial charge is 2.00 e. The molecule has 0 bridgehead atoms. The number of nitrogens with zero attached hydrogens (tertiary/aromatic N) is 1. The van der Waals surface area contributed by atoms with Gasteiger partial charge >= 0.3 is 54.9 Å². The van der Waals surface area contributed by atoms with Crippen LogP contribution in [-0.4, -0.2) is 93.6 Å². The molecule has 0 aromatic heterocycles. The molecule has 0 atom stereocenters. The molecule has 0 saturated heterocycles. The SMILES string of the molecule is CC(=O)OCC[N+](C)(C)C.[Ba+2].[Cl-].[H-].[H-]. The Balaban J connectivity index is -0.0000000675. The van der Waals surface area contributed by atoms with Crippen LogP contribution in [0.15, 0.2) is 0 Å². The molecule has 0 heterocycles. The molecule has 0 aliphatic heterocycles. The van der Waals surface area contributed by atoms with Gasteiger partial charge in [0.2, 0.25) is 0 Å². The predicted octanol–water partition coefficient (Wildman–Crippen LogP) is -2.90. The Bertz CT molecular complexity index is 133. The van der Waals surface area contributed by atoms with E-state index in [1.165, 1.54) is 6.92 Å². The van der Waals surface area contributed by atoms with E-state index in [4.69, 9.17) is 4.74 Å². The Hall–Kier alpha value is 1.29. The van der Waals surface area contributed by atoms with E-state index in [1.54, 1.807) is 0 Å². The third-order valence-corrected chi connectivity index (χ3v) is 1.07. The average molecular weight is 321 g/mol. The predicted molar refractivity (Wildman–Crippen MR) is 47.5 cm³/mol. The fourth-order valence-corrected chi connectivity index (χ4v) is 0.463. The summed E-state index contributed by atoms with van der Waals surface area (Å²) in [7, 11) is 6.18. The minimum atomic E-state index is -0.201. The summed E-state index contributed by atoms with van der Waals surface area (Å²) < 4.78 is 5.59. The fraction of sp³-hybridized carbons (Fsp3) is 0.857. The van der Waals surface area contributed by atoms with Crippen molar-refractivity contribution in [2.45, 2.75) is 6.92 Å². The van der Waals surface area contributed by atoms with Crippen LogP contribution in [0.25, 0.3) is 0 Å². The molecule has 0 unspecified atom stereocenters. The quantitative estimate of drug-likeness (QED) is 0.317. The summed E-state index contributed by atoms with van der Waals surface area (Å²) in [6, 6.07) is 0. The molecule has 0 aromatic carbocycles. The second-order valence-corrected chi connectivity index (χ2v) is 3.35. The first kappa shape index (κ1) is 19.0. The third kappa shape index (κ3) is 17.4. The Morgan fingerprint density at radius 3 is 2.08 bits per heavy atom. The molecule has 0 fully saturated rings. The number of rotatable bonds is 3. The van der Waals surface area contributed by atoms with Crippen LogP contribution in [0.4, 0.5) is 0 Å². The van der Waals surface area contributed by atoms with Crippen LogP contribution < -0.4 is 12.4 Å². The van der Waals surface area contributed by atoms with Gasteiger partial charge in [-0.25, -0.2) is 0 Å². The molecule has 3 nitrogen and oxygen atoms in total. The molecule has 72 valence electrons. The molecular weight excluding hydrogens is 303 g/mol. The van der Waals surface area contributed by atoms with Crippen LogP contribution in [0.2, 0.25) is 0 Å². The van der Waals surface area contributed by atoms with Gasteiger partial charge in [0.15, 0.2) is 0 Å². The number of carbonyl (C=O) groups excluding carboxylic acids is 1. The third-order valence-electron chi connectivity index (χ3n) is 1.07. The monoisotopic (exact) mass is 321 g/mol. The Labute approximate surface area is 124 Å².